The molecule has 134 valence electrons. The molecule has 0 saturated heterocycles. The predicted octanol–water partition coefficient (Wildman–Crippen LogP) is 5.63. The Morgan fingerprint density at radius 2 is 2.19 bits per heavy atom. The lowest BCUT2D eigenvalue weighted by Gasteiger charge is -2.26. The number of nitrogens with zero attached hydrogens (tertiary/aromatic N) is 1. The second kappa shape index (κ2) is 7.80. The van der Waals surface area contributed by atoms with Crippen LogP contribution in [0, 0.1) is 0 Å². The lowest BCUT2D eigenvalue weighted by molar-refractivity contribution is -0.130. The highest BCUT2D eigenvalue weighted by Crippen LogP contribution is 2.28. The fourth-order valence-electron chi connectivity index (χ4n) is 3.55. The van der Waals surface area contributed by atoms with Crippen molar-refractivity contribution in [1.82, 2.24) is 9.88 Å². The van der Waals surface area contributed by atoms with E-state index in [0.717, 1.165) is 42.3 Å². The fraction of sp³-hybridized carbons (Fsp3) is 0.286. The number of hydrogen-bond donors (Lipinski definition) is 1. The molecule has 0 spiro atoms. The number of benzene rings is 1. The number of amides is 1. The van der Waals surface area contributed by atoms with Crippen LogP contribution in [0.15, 0.2) is 52.5 Å². The van der Waals surface area contributed by atoms with Crippen molar-refractivity contribution in [2.24, 2.45) is 0 Å². The standard InChI is InChI=1S/C21H21BrN2OS/c22-18-6-2-5-17-16(14-23-21(17)18)4-1-8-20(25)24-11-9-15(10-12-24)19-7-3-13-26-19/h2-3,5-7,9,13-14,23H,1,4,8,10-12H2. The molecule has 0 saturated carbocycles. The lowest BCUT2D eigenvalue weighted by Crippen LogP contribution is -2.34. The van der Waals surface area contributed by atoms with Crippen LogP contribution in [0.1, 0.15) is 29.7 Å². The first-order valence-corrected chi connectivity index (χ1v) is 10.6. The second-order valence-corrected chi connectivity index (χ2v) is 8.43. The first-order valence-electron chi connectivity index (χ1n) is 8.97. The number of fused-ring (bicyclic) bond motifs is 1. The average molecular weight is 429 g/mol. The van der Waals surface area contributed by atoms with Crippen molar-refractivity contribution in [1.29, 1.82) is 0 Å². The van der Waals surface area contributed by atoms with Crippen molar-refractivity contribution in [2.45, 2.75) is 25.7 Å². The van der Waals surface area contributed by atoms with E-state index in [1.54, 1.807) is 11.3 Å². The van der Waals surface area contributed by atoms with Crippen LogP contribution in [0.25, 0.3) is 16.5 Å². The molecule has 1 aromatic carbocycles. The third kappa shape index (κ3) is 3.64. The summed E-state index contributed by atoms with van der Waals surface area (Å²) in [5, 5.41) is 3.35. The van der Waals surface area contributed by atoms with Crippen LogP contribution in [0.5, 0.6) is 0 Å². The van der Waals surface area contributed by atoms with Gasteiger partial charge in [-0.15, -0.1) is 11.3 Å². The normalized spacial score (nSPS) is 14.7. The molecular weight excluding hydrogens is 408 g/mol. The maximum Gasteiger partial charge on any atom is 0.222 e. The van der Waals surface area contributed by atoms with Gasteiger partial charge in [-0.05, 0) is 63.8 Å². The molecule has 0 unspecified atom stereocenters. The highest BCUT2D eigenvalue weighted by atomic mass is 79.9. The van der Waals surface area contributed by atoms with Gasteiger partial charge in [0.05, 0.1) is 5.52 Å². The van der Waals surface area contributed by atoms with E-state index in [-0.39, 0.29) is 5.91 Å². The molecule has 3 heterocycles. The van der Waals surface area contributed by atoms with Crippen LogP contribution in [0.4, 0.5) is 0 Å². The van der Waals surface area contributed by atoms with Crippen LogP contribution in [-0.4, -0.2) is 28.9 Å². The molecule has 2 aromatic heterocycles. The number of aromatic nitrogens is 1. The fourth-order valence-corrected chi connectivity index (χ4v) is 4.83. The van der Waals surface area contributed by atoms with E-state index in [1.807, 2.05) is 11.0 Å². The topological polar surface area (TPSA) is 36.1 Å². The first kappa shape index (κ1) is 17.6. The van der Waals surface area contributed by atoms with E-state index in [1.165, 1.54) is 21.4 Å². The summed E-state index contributed by atoms with van der Waals surface area (Å²) in [4.78, 5) is 19.2. The number of nitrogens with one attached hydrogen (secondary N) is 1. The third-order valence-corrected chi connectivity index (χ3v) is 6.59. The van der Waals surface area contributed by atoms with Gasteiger partial charge in [-0.3, -0.25) is 4.79 Å². The number of aryl methyl sites for hydroxylation is 1. The molecule has 1 N–H and O–H groups in total. The van der Waals surface area contributed by atoms with E-state index in [9.17, 15) is 4.79 Å². The van der Waals surface area contributed by atoms with Crippen molar-refractivity contribution in [3.05, 3.63) is 62.9 Å². The van der Waals surface area contributed by atoms with Gasteiger partial charge >= 0.3 is 0 Å². The van der Waals surface area contributed by atoms with Crippen LogP contribution in [0.3, 0.4) is 0 Å². The summed E-state index contributed by atoms with van der Waals surface area (Å²) in [5.41, 5.74) is 3.80. The van der Waals surface area contributed by atoms with Crippen LogP contribution in [-0.2, 0) is 11.2 Å². The smallest absolute Gasteiger partial charge is 0.222 e. The zero-order valence-electron chi connectivity index (χ0n) is 14.5. The minimum Gasteiger partial charge on any atom is -0.360 e. The van der Waals surface area contributed by atoms with Gasteiger partial charge < -0.3 is 9.88 Å². The quantitative estimate of drug-likeness (QED) is 0.561. The SMILES string of the molecule is O=C(CCCc1c[nH]c2c(Br)cccc12)N1CC=C(c2cccs2)CC1. The summed E-state index contributed by atoms with van der Waals surface area (Å²) in [6.07, 6.45) is 7.66. The van der Waals surface area contributed by atoms with Gasteiger partial charge in [0, 0.05) is 40.4 Å². The molecular formula is C21H21BrN2OS. The summed E-state index contributed by atoms with van der Waals surface area (Å²) in [7, 11) is 0. The van der Waals surface area contributed by atoms with Gasteiger partial charge in [0.15, 0.2) is 0 Å². The Bertz CT molecular complexity index is 942. The molecule has 3 nitrogen and oxygen atoms in total. The second-order valence-electron chi connectivity index (χ2n) is 6.63. The number of aromatic amines is 1. The van der Waals surface area contributed by atoms with Crippen LogP contribution >= 0.6 is 27.3 Å². The van der Waals surface area contributed by atoms with Crippen LogP contribution < -0.4 is 0 Å². The number of para-hydroxylation sites is 1. The molecule has 0 aliphatic carbocycles. The van der Waals surface area contributed by atoms with Crippen molar-refractivity contribution in [3.63, 3.8) is 0 Å². The van der Waals surface area contributed by atoms with Gasteiger partial charge in [0.2, 0.25) is 5.91 Å². The number of thiophene rings is 1. The summed E-state index contributed by atoms with van der Waals surface area (Å²) < 4.78 is 1.08. The molecule has 5 heteroatoms. The van der Waals surface area contributed by atoms with Gasteiger partial charge in [-0.2, -0.15) is 0 Å². The molecule has 4 rings (SSSR count). The molecule has 0 bridgehead atoms. The number of carbonyl (C=O) groups is 1. The van der Waals surface area contributed by atoms with Crippen molar-refractivity contribution in [2.75, 3.05) is 13.1 Å². The Morgan fingerprint density at radius 3 is 2.96 bits per heavy atom. The zero-order chi connectivity index (χ0) is 17.9. The number of hydrogen-bond acceptors (Lipinski definition) is 2. The summed E-state index contributed by atoms with van der Waals surface area (Å²) in [5.74, 6) is 0.271. The Kier molecular flexibility index (Phi) is 5.27. The molecule has 3 aromatic rings. The molecule has 26 heavy (non-hydrogen) atoms. The summed E-state index contributed by atoms with van der Waals surface area (Å²) in [6, 6.07) is 10.5. The Labute approximate surface area is 165 Å². The molecule has 1 aliphatic rings. The number of H-pyrrole nitrogens is 1. The van der Waals surface area contributed by atoms with Gasteiger partial charge in [-0.1, -0.05) is 24.3 Å². The number of carbonyl (C=O) groups excluding carboxylic acids is 1. The van der Waals surface area contributed by atoms with E-state index in [4.69, 9.17) is 0 Å². The molecule has 0 atom stereocenters. The van der Waals surface area contributed by atoms with Crippen molar-refractivity contribution >= 4 is 49.6 Å². The van der Waals surface area contributed by atoms with E-state index in [2.05, 4.69) is 62.8 Å². The lowest BCUT2D eigenvalue weighted by atomic mass is 10.0. The van der Waals surface area contributed by atoms with E-state index in [0.29, 0.717) is 6.42 Å². The highest BCUT2D eigenvalue weighted by molar-refractivity contribution is 9.10. The van der Waals surface area contributed by atoms with Crippen molar-refractivity contribution in [3.8, 4) is 0 Å². The maximum atomic E-state index is 12.5. The van der Waals surface area contributed by atoms with Gasteiger partial charge in [0.25, 0.3) is 0 Å². The van der Waals surface area contributed by atoms with Crippen LogP contribution in [0.2, 0.25) is 0 Å². The minimum absolute atomic E-state index is 0.271. The summed E-state index contributed by atoms with van der Waals surface area (Å²) in [6.45, 7) is 1.58. The Balaban J connectivity index is 1.31. The molecule has 0 fully saturated rings. The highest BCUT2D eigenvalue weighted by Gasteiger charge is 2.18. The molecule has 1 aliphatic heterocycles. The monoisotopic (exact) mass is 428 g/mol. The number of rotatable bonds is 5. The Morgan fingerprint density at radius 1 is 1.27 bits per heavy atom. The van der Waals surface area contributed by atoms with Gasteiger partial charge in [0.1, 0.15) is 0 Å². The Hall–Kier alpha value is -1.85. The van der Waals surface area contributed by atoms with Crippen molar-refractivity contribution < 1.29 is 4.79 Å². The molecule has 1 amide bonds. The average Bonchev–Trinajstić information content (AvgIpc) is 3.33. The summed E-state index contributed by atoms with van der Waals surface area (Å²) >= 11 is 5.35. The third-order valence-electron chi connectivity index (χ3n) is 4.99. The minimum atomic E-state index is 0.271. The number of halogens is 1. The van der Waals surface area contributed by atoms with E-state index >= 15 is 0 Å². The molecule has 0 radical (unpaired) electrons. The maximum absolute atomic E-state index is 12.5. The van der Waals surface area contributed by atoms with Gasteiger partial charge in [-0.25, -0.2) is 0 Å². The van der Waals surface area contributed by atoms with E-state index < -0.39 is 0 Å². The first-order chi connectivity index (χ1) is 12.7. The zero-order valence-corrected chi connectivity index (χ0v) is 16.9. The predicted molar refractivity (Wildman–Crippen MR) is 112 cm³/mol. The largest absolute Gasteiger partial charge is 0.360 e.